The molecular weight excluding hydrogens is 436 g/mol. The maximum absolute atomic E-state index is 12.2. The summed E-state index contributed by atoms with van der Waals surface area (Å²) in [4.78, 5) is 59.8. The Morgan fingerprint density at radius 2 is 1.45 bits per heavy atom. The lowest BCUT2D eigenvalue weighted by Crippen LogP contribution is -2.32. The van der Waals surface area contributed by atoms with Crippen LogP contribution in [0.5, 0.6) is 5.75 Å². The van der Waals surface area contributed by atoms with Crippen molar-refractivity contribution in [3.05, 3.63) is 59.2 Å². The zero-order valence-electron chi connectivity index (χ0n) is 18.1. The predicted octanol–water partition coefficient (Wildman–Crippen LogP) is 1.18. The standard InChI is InChI=1S/C22H22N2O9/c1-30-17-7-5-4-6-16(17)20(27)23-11-19(26)33-12-18(25)24-15-9-13(21(28)31-2)8-14(10-15)22(29)32-3/h4-10H,11-12H2,1-3H3,(H,23,27)(H,24,25). The molecule has 0 aliphatic heterocycles. The van der Waals surface area contributed by atoms with Crippen molar-refractivity contribution < 1.29 is 42.9 Å². The summed E-state index contributed by atoms with van der Waals surface area (Å²) in [5.41, 5.74) is 0.333. The van der Waals surface area contributed by atoms with E-state index in [1.165, 1.54) is 31.4 Å². The van der Waals surface area contributed by atoms with Gasteiger partial charge in [-0.15, -0.1) is 0 Å². The number of nitrogens with one attached hydrogen (secondary N) is 2. The molecule has 33 heavy (non-hydrogen) atoms. The van der Waals surface area contributed by atoms with E-state index in [1.807, 2.05) is 0 Å². The van der Waals surface area contributed by atoms with Crippen LogP contribution in [0.1, 0.15) is 31.1 Å². The van der Waals surface area contributed by atoms with Crippen LogP contribution in [0.4, 0.5) is 5.69 Å². The number of benzene rings is 2. The van der Waals surface area contributed by atoms with Crippen LogP contribution in [-0.4, -0.2) is 64.2 Å². The fourth-order valence-corrected chi connectivity index (χ4v) is 2.65. The molecule has 174 valence electrons. The third-order valence-electron chi connectivity index (χ3n) is 4.17. The first-order chi connectivity index (χ1) is 15.8. The van der Waals surface area contributed by atoms with Crippen LogP contribution in [0.15, 0.2) is 42.5 Å². The van der Waals surface area contributed by atoms with Crippen LogP contribution in [0, 0.1) is 0 Å². The molecule has 2 rings (SSSR count). The van der Waals surface area contributed by atoms with Crippen LogP contribution in [0.3, 0.4) is 0 Å². The molecule has 0 bridgehead atoms. The molecule has 11 heteroatoms. The van der Waals surface area contributed by atoms with E-state index in [4.69, 9.17) is 9.47 Å². The van der Waals surface area contributed by atoms with Crippen LogP contribution in [-0.2, 0) is 23.8 Å². The van der Waals surface area contributed by atoms with Gasteiger partial charge in [0.1, 0.15) is 12.3 Å². The molecule has 0 unspecified atom stereocenters. The molecule has 11 nitrogen and oxygen atoms in total. The Morgan fingerprint density at radius 1 is 0.848 bits per heavy atom. The van der Waals surface area contributed by atoms with Crippen molar-refractivity contribution in [3.63, 3.8) is 0 Å². The highest BCUT2D eigenvalue weighted by Crippen LogP contribution is 2.18. The molecule has 0 fully saturated rings. The number of carbonyl (C=O) groups is 5. The summed E-state index contributed by atoms with van der Waals surface area (Å²) in [6, 6.07) is 10.3. The van der Waals surface area contributed by atoms with Gasteiger partial charge in [0.2, 0.25) is 0 Å². The average molecular weight is 458 g/mol. The lowest BCUT2D eigenvalue weighted by Gasteiger charge is -2.11. The minimum absolute atomic E-state index is 0.00625. The number of para-hydroxylation sites is 1. The summed E-state index contributed by atoms with van der Waals surface area (Å²) in [5, 5.41) is 4.78. The van der Waals surface area contributed by atoms with Crippen molar-refractivity contribution in [1.29, 1.82) is 0 Å². The molecule has 2 aromatic carbocycles. The van der Waals surface area contributed by atoms with Gasteiger partial charge >= 0.3 is 17.9 Å². The van der Waals surface area contributed by atoms with Gasteiger partial charge in [0.25, 0.3) is 11.8 Å². The number of methoxy groups -OCH3 is 3. The van der Waals surface area contributed by atoms with E-state index in [-0.39, 0.29) is 22.4 Å². The summed E-state index contributed by atoms with van der Waals surface area (Å²) in [5.74, 6) is -3.27. The topological polar surface area (TPSA) is 146 Å². The summed E-state index contributed by atoms with van der Waals surface area (Å²) in [6.07, 6.45) is 0. The number of rotatable bonds is 9. The van der Waals surface area contributed by atoms with Gasteiger partial charge in [-0.1, -0.05) is 12.1 Å². The maximum atomic E-state index is 12.2. The highest BCUT2D eigenvalue weighted by atomic mass is 16.5. The summed E-state index contributed by atoms with van der Waals surface area (Å²) >= 11 is 0. The third kappa shape index (κ3) is 7.06. The zero-order valence-corrected chi connectivity index (χ0v) is 18.1. The highest BCUT2D eigenvalue weighted by molar-refractivity contribution is 6.00. The molecule has 0 atom stereocenters. The van der Waals surface area contributed by atoms with Crippen molar-refractivity contribution in [2.75, 3.05) is 39.8 Å². The Hall–Kier alpha value is -4.41. The average Bonchev–Trinajstić information content (AvgIpc) is 2.84. The molecule has 0 saturated heterocycles. The number of hydrogen-bond acceptors (Lipinski definition) is 9. The fourth-order valence-electron chi connectivity index (χ4n) is 2.65. The van der Waals surface area contributed by atoms with Crippen LogP contribution >= 0.6 is 0 Å². The lowest BCUT2D eigenvalue weighted by atomic mass is 10.1. The predicted molar refractivity (Wildman–Crippen MR) is 114 cm³/mol. The van der Waals surface area contributed by atoms with E-state index in [2.05, 4.69) is 20.1 Å². The summed E-state index contributed by atoms with van der Waals surface area (Å²) < 4.78 is 19.2. The van der Waals surface area contributed by atoms with E-state index in [9.17, 15) is 24.0 Å². The molecule has 0 radical (unpaired) electrons. The molecule has 0 spiro atoms. The van der Waals surface area contributed by atoms with Gasteiger partial charge in [-0.3, -0.25) is 14.4 Å². The van der Waals surface area contributed by atoms with Gasteiger partial charge in [0.15, 0.2) is 6.61 Å². The monoisotopic (exact) mass is 458 g/mol. The van der Waals surface area contributed by atoms with E-state index >= 15 is 0 Å². The largest absolute Gasteiger partial charge is 0.496 e. The second kappa shape index (κ2) is 11.8. The Kier molecular flexibility index (Phi) is 8.92. The van der Waals surface area contributed by atoms with E-state index < -0.39 is 42.9 Å². The minimum atomic E-state index is -0.855. The van der Waals surface area contributed by atoms with Crippen molar-refractivity contribution in [2.24, 2.45) is 0 Å². The van der Waals surface area contributed by atoms with Crippen LogP contribution in [0.2, 0.25) is 0 Å². The van der Waals surface area contributed by atoms with Gasteiger partial charge in [-0.05, 0) is 30.3 Å². The van der Waals surface area contributed by atoms with Crippen molar-refractivity contribution in [1.82, 2.24) is 5.32 Å². The van der Waals surface area contributed by atoms with Crippen molar-refractivity contribution in [3.8, 4) is 5.75 Å². The second-order valence-corrected chi connectivity index (χ2v) is 6.37. The molecule has 0 aliphatic carbocycles. The Morgan fingerprint density at radius 3 is 2.03 bits per heavy atom. The molecule has 0 aliphatic rings. The molecule has 2 N–H and O–H groups in total. The summed E-state index contributed by atoms with van der Waals surface area (Å²) in [7, 11) is 3.74. The first kappa shape index (κ1) is 24.9. The van der Waals surface area contributed by atoms with Gasteiger partial charge in [-0.2, -0.15) is 0 Å². The molecular formula is C22H22N2O9. The Labute approximate surface area is 188 Å². The smallest absolute Gasteiger partial charge is 0.337 e. The molecule has 2 aromatic rings. The molecule has 0 saturated carbocycles. The number of anilines is 1. The van der Waals surface area contributed by atoms with E-state index in [0.29, 0.717) is 5.75 Å². The Balaban J connectivity index is 1.93. The van der Waals surface area contributed by atoms with Gasteiger partial charge in [-0.25, -0.2) is 9.59 Å². The summed E-state index contributed by atoms with van der Waals surface area (Å²) in [6.45, 7) is -1.14. The lowest BCUT2D eigenvalue weighted by molar-refractivity contribution is -0.146. The van der Waals surface area contributed by atoms with Crippen LogP contribution in [0.25, 0.3) is 0 Å². The number of hydrogen-bond donors (Lipinski definition) is 2. The molecule has 0 aromatic heterocycles. The van der Waals surface area contributed by atoms with Crippen LogP contribution < -0.4 is 15.4 Å². The Bertz CT molecular complexity index is 1030. The normalized spacial score (nSPS) is 9.91. The highest BCUT2D eigenvalue weighted by Gasteiger charge is 2.17. The molecule has 0 heterocycles. The van der Waals surface area contributed by atoms with E-state index in [1.54, 1.807) is 18.2 Å². The second-order valence-electron chi connectivity index (χ2n) is 6.37. The fraction of sp³-hybridized carbons (Fsp3) is 0.227. The third-order valence-corrected chi connectivity index (χ3v) is 4.17. The van der Waals surface area contributed by atoms with Crippen molar-refractivity contribution >= 4 is 35.4 Å². The number of esters is 3. The number of ether oxygens (including phenoxy) is 4. The van der Waals surface area contributed by atoms with Gasteiger partial charge < -0.3 is 29.6 Å². The van der Waals surface area contributed by atoms with Crippen molar-refractivity contribution in [2.45, 2.75) is 0 Å². The first-order valence-electron chi connectivity index (χ1n) is 9.47. The van der Waals surface area contributed by atoms with E-state index in [0.717, 1.165) is 14.2 Å². The number of amides is 2. The minimum Gasteiger partial charge on any atom is -0.496 e. The maximum Gasteiger partial charge on any atom is 0.337 e. The van der Waals surface area contributed by atoms with Gasteiger partial charge in [0.05, 0.1) is 38.0 Å². The zero-order chi connectivity index (χ0) is 24.4. The quantitative estimate of drug-likeness (QED) is 0.418. The first-order valence-corrected chi connectivity index (χ1v) is 9.47. The number of carbonyl (C=O) groups excluding carboxylic acids is 5. The van der Waals surface area contributed by atoms with Gasteiger partial charge in [0, 0.05) is 5.69 Å². The SMILES string of the molecule is COC(=O)c1cc(NC(=O)COC(=O)CNC(=O)c2ccccc2OC)cc(C(=O)OC)c1. The molecule has 2 amide bonds.